The molecule has 0 fully saturated rings. The van der Waals surface area contributed by atoms with Crippen LogP contribution in [0.4, 0.5) is 5.69 Å². The number of hydrogen-bond acceptors (Lipinski definition) is 7. The Hall–Kier alpha value is -3.88. The van der Waals surface area contributed by atoms with Crippen molar-refractivity contribution in [3.05, 3.63) is 60.0 Å². The Bertz CT molecular complexity index is 944. The molecule has 0 aliphatic rings. The second-order valence-electron chi connectivity index (χ2n) is 5.34. The summed E-state index contributed by atoms with van der Waals surface area (Å²) < 4.78 is 14.7. The number of benzene rings is 1. The molecule has 0 spiro atoms. The second kappa shape index (κ2) is 8.00. The van der Waals surface area contributed by atoms with E-state index in [0.29, 0.717) is 22.8 Å². The lowest BCUT2D eigenvalue weighted by Gasteiger charge is -2.06. The van der Waals surface area contributed by atoms with E-state index in [1.807, 2.05) is 0 Å². The third-order valence-electron chi connectivity index (χ3n) is 3.53. The number of aromatic nitrogens is 1. The van der Waals surface area contributed by atoms with Crippen molar-refractivity contribution in [2.45, 2.75) is 0 Å². The van der Waals surface area contributed by atoms with Gasteiger partial charge in [-0.2, -0.15) is 0 Å². The van der Waals surface area contributed by atoms with Gasteiger partial charge >= 0.3 is 5.97 Å². The molecule has 0 bridgehead atoms. The predicted octanol–water partition coefficient (Wildman–Crippen LogP) is 2.09. The molecule has 138 valence electrons. The molecule has 0 saturated carbocycles. The zero-order chi connectivity index (χ0) is 19.2. The third kappa shape index (κ3) is 4.40. The van der Waals surface area contributed by atoms with Gasteiger partial charge in [-0.05, 0) is 36.4 Å². The Morgan fingerprint density at radius 2 is 1.85 bits per heavy atom. The first-order valence-corrected chi connectivity index (χ1v) is 7.84. The Morgan fingerprint density at radius 1 is 1.07 bits per heavy atom. The van der Waals surface area contributed by atoms with Crippen LogP contribution in [0.5, 0.6) is 0 Å². The van der Waals surface area contributed by atoms with Gasteiger partial charge < -0.3 is 24.3 Å². The number of ether oxygens (including phenoxy) is 1. The Morgan fingerprint density at radius 3 is 2.52 bits per heavy atom. The van der Waals surface area contributed by atoms with E-state index in [1.165, 1.54) is 31.6 Å². The average molecular weight is 369 g/mol. The van der Waals surface area contributed by atoms with E-state index in [9.17, 15) is 14.4 Å². The molecule has 3 rings (SSSR count). The fraction of sp³-hybridized carbons (Fsp3) is 0.111. The second-order valence-corrected chi connectivity index (χ2v) is 5.34. The molecule has 3 aromatic rings. The first-order valence-electron chi connectivity index (χ1n) is 7.84. The molecule has 1 aromatic carbocycles. The van der Waals surface area contributed by atoms with Gasteiger partial charge in [0, 0.05) is 17.3 Å². The summed E-state index contributed by atoms with van der Waals surface area (Å²) in [6.45, 7) is -0.224. The average Bonchev–Trinajstić information content (AvgIpc) is 3.37. The SMILES string of the molecule is COC(=O)CNC(=O)c1ccc(NC(=O)c2cc(-c3ccco3)on2)cc1. The van der Waals surface area contributed by atoms with Gasteiger partial charge in [0.05, 0.1) is 13.4 Å². The van der Waals surface area contributed by atoms with Crippen LogP contribution in [0.2, 0.25) is 0 Å². The molecule has 9 heteroatoms. The summed E-state index contributed by atoms with van der Waals surface area (Å²) in [6.07, 6.45) is 1.49. The van der Waals surface area contributed by atoms with E-state index in [1.54, 1.807) is 24.3 Å². The molecule has 0 radical (unpaired) electrons. The number of amides is 2. The summed E-state index contributed by atoms with van der Waals surface area (Å²) in [7, 11) is 1.23. The quantitative estimate of drug-likeness (QED) is 0.638. The van der Waals surface area contributed by atoms with E-state index in [-0.39, 0.29) is 12.2 Å². The molecule has 0 atom stereocenters. The molecule has 2 N–H and O–H groups in total. The lowest BCUT2D eigenvalue weighted by molar-refractivity contribution is -0.139. The number of nitrogens with one attached hydrogen (secondary N) is 2. The van der Waals surface area contributed by atoms with Crippen LogP contribution in [0, 0.1) is 0 Å². The zero-order valence-corrected chi connectivity index (χ0v) is 14.2. The van der Waals surface area contributed by atoms with Gasteiger partial charge in [-0.15, -0.1) is 0 Å². The fourth-order valence-corrected chi connectivity index (χ4v) is 2.14. The molecule has 2 amide bonds. The summed E-state index contributed by atoms with van der Waals surface area (Å²) in [4.78, 5) is 35.2. The third-order valence-corrected chi connectivity index (χ3v) is 3.53. The summed E-state index contributed by atoms with van der Waals surface area (Å²) in [5.41, 5.74) is 0.881. The van der Waals surface area contributed by atoms with Gasteiger partial charge in [-0.1, -0.05) is 5.16 Å². The van der Waals surface area contributed by atoms with Crippen LogP contribution < -0.4 is 10.6 Å². The monoisotopic (exact) mass is 369 g/mol. The normalized spacial score (nSPS) is 10.3. The van der Waals surface area contributed by atoms with Crippen molar-refractivity contribution in [3.8, 4) is 11.5 Å². The van der Waals surface area contributed by atoms with Crippen LogP contribution in [0.25, 0.3) is 11.5 Å². The highest BCUT2D eigenvalue weighted by Crippen LogP contribution is 2.21. The molecule has 0 aliphatic carbocycles. The van der Waals surface area contributed by atoms with Crippen molar-refractivity contribution in [1.82, 2.24) is 10.5 Å². The summed E-state index contributed by atoms with van der Waals surface area (Å²) in [5, 5.41) is 8.77. The molecule has 9 nitrogen and oxygen atoms in total. The maximum Gasteiger partial charge on any atom is 0.325 e. The number of rotatable bonds is 6. The minimum atomic E-state index is -0.547. The molecule has 2 aromatic heterocycles. The highest BCUT2D eigenvalue weighted by molar-refractivity contribution is 6.03. The van der Waals surface area contributed by atoms with Crippen molar-refractivity contribution >= 4 is 23.5 Å². The van der Waals surface area contributed by atoms with Crippen LogP contribution in [-0.2, 0) is 9.53 Å². The van der Waals surface area contributed by atoms with Gasteiger partial charge in [0.25, 0.3) is 11.8 Å². The minimum Gasteiger partial charge on any atom is -0.468 e. The van der Waals surface area contributed by atoms with E-state index < -0.39 is 17.8 Å². The van der Waals surface area contributed by atoms with Crippen molar-refractivity contribution in [2.75, 3.05) is 19.0 Å². The van der Waals surface area contributed by atoms with Crippen LogP contribution in [0.15, 0.2) is 57.7 Å². The fourth-order valence-electron chi connectivity index (χ4n) is 2.14. The van der Waals surface area contributed by atoms with Gasteiger partial charge in [0.1, 0.15) is 6.54 Å². The smallest absolute Gasteiger partial charge is 0.325 e. The van der Waals surface area contributed by atoms with Crippen molar-refractivity contribution < 1.29 is 28.1 Å². The zero-order valence-electron chi connectivity index (χ0n) is 14.2. The standard InChI is InChI=1S/C18H15N3O6/c1-25-16(22)10-19-17(23)11-4-6-12(7-5-11)20-18(24)13-9-15(27-21-13)14-3-2-8-26-14/h2-9H,10H2,1H3,(H,19,23)(H,20,24). The number of nitrogens with zero attached hydrogens (tertiary/aromatic N) is 1. The van der Waals surface area contributed by atoms with Gasteiger partial charge in [0.2, 0.25) is 5.76 Å². The number of carbonyl (C=O) groups excluding carboxylic acids is 3. The maximum absolute atomic E-state index is 12.2. The number of methoxy groups -OCH3 is 1. The van der Waals surface area contributed by atoms with Gasteiger partial charge in [-0.25, -0.2) is 0 Å². The van der Waals surface area contributed by atoms with Gasteiger partial charge in [0.15, 0.2) is 11.5 Å². The molecular formula is C18H15N3O6. The Balaban J connectivity index is 1.60. The van der Waals surface area contributed by atoms with Crippen LogP contribution >= 0.6 is 0 Å². The highest BCUT2D eigenvalue weighted by Gasteiger charge is 2.15. The summed E-state index contributed by atoms with van der Waals surface area (Å²) >= 11 is 0. The number of anilines is 1. The summed E-state index contributed by atoms with van der Waals surface area (Å²) in [5.74, 6) is -0.655. The highest BCUT2D eigenvalue weighted by atomic mass is 16.5. The van der Waals surface area contributed by atoms with Crippen LogP contribution in [0.1, 0.15) is 20.8 Å². The van der Waals surface area contributed by atoms with Crippen LogP contribution in [-0.4, -0.2) is 36.6 Å². The van der Waals surface area contributed by atoms with E-state index in [2.05, 4.69) is 20.5 Å². The number of furan rings is 1. The number of hydrogen-bond donors (Lipinski definition) is 2. The molecule has 0 saturated heterocycles. The Labute approximate surface area is 153 Å². The first kappa shape index (κ1) is 17.9. The lowest BCUT2D eigenvalue weighted by atomic mass is 10.2. The van der Waals surface area contributed by atoms with E-state index >= 15 is 0 Å². The topological polar surface area (TPSA) is 124 Å². The van der Waals surface area contributed by atoms with E-state index in [4.69, 9.17) is 8.94 Å². The molecule has 2 heterocycles. The predicted molar refractivity (Wildman–Crippen MR) is 92.9 cm³/mol. The van der Waals surface area contributed by atoms with E-state index in [0.717, 1.165) is 0 Å². The molecule has 27 heavy (non-hydrogen) atoms. The van der Waals surface area contributed by atoms with Crippen molar-refractivity contribution in [2.24, 2.45) is 0 Å². The molecule has 0 aliphatic heterocycles. The number of esters is 1. The largest absolute Gasteiger partial charge is 0.468 e. The lowest BCUT2D eigenvalue weighted by Crippen LogP contribution is -2.30. The maximum atomic E-state index is 12.2. The minimum absolute atomic E-state index is 0.0845. The van der Waals surface area contributed by atoms with Crippen molar-refractivity contribution in [3.63, 3.8) is 0 Å². The molecular weight excluding hydrogens is 354 g/mol. The van der Waals surface area contributed by atoms with Crippen LogP contribution in [0.3, 0.4) is 0 Å². The Kier molecular flexibility index (Phi) is 5.31. The molecule has 0 unspecified atom stereocenters. The van der Waals surface area contributed by atoms with Gasteiger partial charge in [-0.3, -0.25) is 14.4 Å². The number of carbonyl (C=O) groups is 3. The van der Waals surface area contributed by atoms with Crippen molar-refractivity contribution in [1.29, 1.82) is 0 Å². The first-order chi connectivity index (χ1) is 13.1. The summed E-state index contributed by atoms with van der Waals surface area (Å²) in [6, 6.07) is 11.0.